The summed E-state index contributed by atoms with van der Waals surface area (Å²) in [5.74, 6) is 1.57. The second-order valence-corrected chi connectivity index (χ2v) is 3.56. The van der Waals surface area contributed by atoms with Gasteiger partial charge in [-0.05, 0) is 32.1 Å². The van der Waals surface area contributed by atoms with Crippen molar-refractivity contribution in [3.63, 3.8) is 0 Å². The van der Waals surface area contributed by atoms with Gasteiger partial charge < -0.3 is 0 Å². The molecule has 0 saturated carbocycles. The van der Waals surface area contributed by atoms with Crippen molar-refractivity contribution >= 4 is 0 Å². The standard InChI is InChI=1S/C10H20/c1-6-10(9(4)5)7-8(2)3/h7,9-10H,6H2,1-5H3. The maximum atomic E-state index is 2.38. The van der Waals surface area contributed by atoms with Crippen LogP contribution in [0.4, 0.5) is 0 Å². The summed E-state index contributed by atoms with van der Waals surface area (Å²) in [6.07, 6.45) is 3.65. The lowest BCUT2D eigenvalue weighted by molar-refractivity contribution is 0.451. The van der Waals surface area contributed by atoms with Gasteiger partial charge in [0.05, 0.1) is 0 Å². The van der Waals surface area contributed by atoms with Crippen molar-refractivity contribution in [1.82, 2.24) is 0 Å². The summed E-state index contributed by atoms with van der Waals surface area (Å²) in [5, 5.41) is 0. The van der Waals surface area contributed by atoms with Crippen LogP contribution >= 0.6 is 0 Å². The average molecular weight is 140 g/mol. The van der Waals surface area contributed by atoms with Gasteiger partial charge in [0.1, 0.15) is 0 Å². The van der Waals surface area contributed by atoms with Gasteiger partial charge in [0, 0.05) is 0 Å². The first-order chi connectivity index (χ1) is 4.57. The fourth-order valence-electron chi connectivity index (χ4n) is 1.21. The molecule has 0 aromatic carbocycles. The maximum absolute atomic E-state index is 2.38. The molecule has 0 N–H and O–H groups in total. The largest absolute Gasteiger partial charge is 0.0825 e. The van der Waals surface area contributed by atoms with E-state index in [1.165, 1.54) is 12.0 Å². The first kappa shape index (κ1) is 9.74. The zero-order valence-corrected chi connectivity index (χ0v) is 7.94. The zero-order valence-electron chi connectivity index (χ0n) is 7.94. The van der Waals surface area contributed by atoms with E-state index in [9.17, 15) is 0 Å². The Morgan fingerprint density at radius 1 is 1.30 bits per heavy atom. The highest BCUT2D eigenvalue weighted by Crippen LogP contribution is 2.17. The number of allylic oxidation sites excluding steroid dienone is 2. The number of hydrogen-bond donors (Lipinski definition) is 0. The molecular formula is C10H20. The van der Waals surface area contributed by atoms with Gasteiger partial charge in [-0.25, -0.2) is 0 Å². The molecule has 0 heteroatoms. The first-order valence-electron chi connectivity index (χ1n) is 4.23. The second-order valence-electron chi connectivity index (χ2n) is 3.56. The Labute approximate surface area is 65.3 Å². The summed E-state index contributed by atoms with van der Waals surface area (Å²) in [6.45, 7) is 11.2. The van der Waals surface area contributed by atoms with E-state index < -0.39 is 0 Å². The van der Waals surface area contributed by atoms with Crippen molar-refractivity contribution in [2.75, 3.05) is 0 Å². The highest BCUT2D eigenvalue weighted by Gasteiger charge is 2.06. The Balaban J connectivity index is 3.96. The van der Waals surface area contributed by atoms with Crippen molar-refractivity contribution in [1.29, 1.82) is 0 Å². The Morgan fingerprint density at radius 3 is 1.90 bits per heavy atom. The minimum atomic E-state index is 0.782. The number of rotatable bonds is 3. The van der Waals surface area contributed by atoms with Crippen molar-refractivity contribution in [2.24, 2.45) is 11.8 Å². The van der Waals surface area contributed by atoms with Gasteiger partial charge in [0.25, 0.3) is 0 Å². The first-order valence-corrected chi connectivity index (χ1v) is 4.23. The molecule has 0 bridgehead atoms. The topological polar surface area (TPSA) is 0 Å². The van der Waals surface area contributed by atoms with E-state index in [4.69, 9.17) is 0 Å². The maximum Gasteiger partial charge on any atom is -0.0211 e. The summed E-state index contributed by atoms with van der Waals surface area (Å²) in [6, 6.07) is 0. The van der Waals surface area contributed by atoms with Gasteiger partial charge in [-0.15, -0.1) is 0 Å². The van der Waals surface area contributed by atoms with Crippen LogP contribution in [0.3, 0.4) is 0 Å². The van der Waals surface area contributed by atoms with Crippen LogP contribution in [0.1, 0.15) is 41.0 Å². The van der Waals surface area contributed by atoms with Crippen LogP contribution in [0.2, 0.25) is 0 Å². The van der Waals surface area contributed by atoms with E-state index in [0.717, 1.165) is 11.8 Å². The van der Waals surface area contributed by atoms with Crippen molar-refractivity contribution in [3.05, 3.63) is 11.6 Å². The molecule has 60 valence electrons. The van der Waals surface area contributed by atoms with Crippen molar-refractivity contribution < 1.29 is 0 Å². The molecule has 0 aromatic heterocycles. The molecule has 10 heavy (non-hydrogen) atoms. The SMILES string of the molecule is CCC(C=C(C)C)C(C)C. The van der Waals surface area contributed by atoms with Crippen LogP contribution in [0.5, 0.6) is 0 Å². The van der Waals surface area contributed by atoms with Gasteiger partial charge in [-0.2, -0.15) is 0 Å². The molecule has 0 nitrogen and oxygen atoms in total. The van der Waals surface area contributed by atoms with E-state index in [-0.39, 0.29) is 0 Å². The van der Waals surface area contributed by atoms with Crippen LogP contribution in [0, 0.1) is 11.8 Å². The molecule has 0 amide bonds. The monoisotopic (exact) mass is 140 g/mol. The van der Waals surface area contributed by atoms with Crippen molar-refractivity contribution in [3.8, 4) is 0 Å². The van der Waals surface area contributed by atoms with Gasteiger partial charge in [0.15, 0.2) is 0 Å². The molecule has 0 aliphatic heterocycles. The fourth-order valence-corrected chi connectivity index (χ4v) is 1.21. The summed E-state index contributed by atoms with van der Waals surface area (Å²) in [4.78, 5) is 0. The molecule has 0 spiro atoms. The Bertz CT molecular complexity index is 105. The highest BCUT2D eigenvalue weighted by atomic mass is 14.1. The van der Waals surface area contributed by atoms with Crippen LogP contribution in [0.15, 0.2) is 11.6 Å². The molecule has 0 saturated heterocycles. The lowest BCUT2D eigenvalue weighted by atomic mass is 9.92. The molecule has 1 atom stereocenters. The summed E-state index contributed by atoms with van der Waals surface area (Å²) < 4.78 is 0. The van der Waals surface area contributed by atoms with Gasteiger partial charge in [0.2, 0.25) is 0 Å². The molecule has 0 rings (SSSR count). The average Bonchev–Trinajstić information content (AvgIpc) is 1.81. The van der Waals surface area contributed by atoms with Gasteiger partial charge >= 0.3 is 0 Å². The Morgan fingerprint density at radius 2 is 1.80 bits per heavy atom. The summed E-state index contributed by atoms with van der Waals surface area (Å²) >= 11 is 0. The highest BCUT2D eigenvalue weighted by molar-refractivity contribution is 4.97. The van der Waals surface area contributed by atoms with Crippen LogP contribution < -0.4 is 0 Å². The smallest absolute Gasteiger partial charge is 0.0211 e. The molecule has 0 fully saturated rings. The molecule has 0 aliphatic carbocycles. The van der Waals surface area contributed by atoms with E-state index in [1.807, 2.05) is 0 Å². The van der Waals surface area contributed by atoms with Crippen LogP contribution in [-0.4, -0.2) is 0 Å². The molecule has 0 heterocycles. The predicted octanol–water partition coefficient (Wildman–Crippen LogP) is 3.63. The van der Waals surface area contributed by atoms with Crippen LogP contribution in [0.25, 0.3) is 0 Å². The second kappa shape index (κ2) is 4.54. The normalized spacial score (nSPS) is 13.4. The fraction of sp³-hybridized carbons (Fsp3) is 0.800. The van der Waals surface area contributed by atoms with E-state index in [0.29, 0.717) is 0 Å². The number of hydrogen-bond acceptors (Lipinski definition) is 0. The van der Waals surface area contributed by atoms with E-state index in [2.05, 4.69) is 40.7 Å². The molecule has 1 unspecified atom stereocenters. The minimum Gasteiger partial charge on any atom is -0.0825 e. The van der Waals surface area contributed by atoms with E-state index in [1.54, 1.807) is 0 Å². The zero-order chi connectivity index (χ0) is 8.15. The van der Waals surface area contributed by atoms with Crippen molar-refractivity contribution in [2.45, 2.75) is 41.0 Å². The van der Waals surface area contributed by atoms with Gasteiger partial charge in [-0.1, -0.05) is 32.4 Å². The lowest BCUT2D eigenvalue weighted by Gasteiger charge is -2.14. The molecular weight excluding hydrogens is 120 g/mol. The lowest BCUT2D eigenvalue weighted by Crippen LogP contribution is -2.03. The third kappa shape index (κ3) is 3.71. The Hall–Kier alpha value is -0.260. The quantitative estimate of drug-likeness (QED) is 0.525. The molecule has 0 radical (unpaired) electrons. The third-order valence-electron chi connectivity index (χ3n) is 1.88. The molecule has 0 aromatic rings. The van der Waals surface area contributed by atoms with Gasteiger partial charge in [-0.3, -0.25) is 0 Å². The van der Waals surface area contributed by atoms with E-state index >= 15 is 0 Å². The summed E-state index contributed by atoms with van der Waals surface area (Å²) in [5.41, 5.74) is 1.44. The molecule has 0 aliphatic rings. The Kier molecular flexibility index (Phi) is 4.42. The minimum absolute atomic E-state index is 0.782. The third-order valence-corrected chi connectivity index (χ3v) is 1.88. The summed E-state index contributed by atoms with van der Waals surface area (Å²) in [7, 11) is 0. The van der Waals surface area contributed by atoms with Crippen LogP contribution in [-0.2, 0) is 0 Å². The predicted molar refractivity (Wildman–Crippen MR) is 48.1 cm³/mol.